The van der Waals surface area contributed by atoms with Crippen LogP contribution >= 0.6 is 0 Å². The van der Waals surface area contributed by atoms with Gasteiger partial charge in [-0.15, -0.1) is 0 Å². The minimum Gasteiger partial charge on any atom is -0.310 e. The molecular weight excluding hydrogens is 605 g/mol. The highest BCUT2D eigenvalue weighted by atomic mass is 15.2. The largest absolute Gasteiger partial charge is 0.310 e. The molecule has 7 aromatic rings. The predicted octanol–water partition coefficient (Wildman–Crippen LogP) is 13.2. The van der Waals surface area contributed by atoms with Crippen molar-refractivity contribution >= 4 is 34.1 Å². The van der Waals surface area contributed by atoms with Crippen LogP contribution in [-0.4, -0.2) is 0 Å². The van der Waals surface area contributed by atoms with Crippen LogP contribution in [0.15, 0.2) is 170 Å². The van der Waals surface area contributed by atoms with E-state index in [-0.39, 0.29) is 10.8 Å². The standard InChI is InChI=1S/C48H40N2/c1-47(2)39-22-14-15-23-43(39)50(45-28-25-35(30-40(45)47)33-16-8-5-9-17-33)38-26-29-46-42(32-38)48(3,4)41-31-36(34-18-10-6-11-19-34)24-27-44(41)49(46)37-20-12-7-13-21-37/h5-32H,1-4H3. The molecule has 7 aromatic carbocycles. The van der Waals surface area contributed by atoms with E-state index in [0.717, 1.165) is 5.69 Å². The van der Waals surface area contributed by atoms with E-state index in [1.807, 2.05) is 0 Å². The maximum Gasteiger partial charge on any atom is 0.0504 e. The summed E-state index contributed by atoms with van der Waals surface area (Å²) in [6, 6.07) is 62.3. The number of hydrogen-bond acceptors (Lipinski definition) is 2. The Morgan fingerprint density at radius 2 is 0.700 bits per heavy atom. The minimum absolute atomic E-state index is 0.169. The molecule has 0 aliphatic carbocycles. The smallest absolute Gasteiger partial charge is 0.0504 e. The highest BCUT2D eigenvalue weighted by Crippen LogP contribution is 2.56. The third kappa shape index (κ3) is 4.63. The third-order valence-corrected chi connectivity index (χ3v) is 11.0. The second-order valence-electron chi connectivity index (χ2n) is 14.7. The van der Waals surface area contributed by atoms with Gasteiger partial charge in [0.2, 0.25) is 0 Å². The Balaban J connectivity index is 1.25. The number of para-hydroxylation sites is 2. The van der Waals surface area contributed by atoms with Crippen LogP contribution in [0.4, 0.5) is 34.1 Å². The first-order valence-corrected chi connectivity index (χ1v) is 17.6. The molecule has 2 heteroatoms. The molecule has 0 N–H and O–H groups in total. The van der Waals surface area contributed by atoms with Crippen molar-refractivity contribution in [3.63, 3.8) is 0 Å². The number of nitrogens with zero attached hydrogens (tertiary/aromatic N) is 2. The topological polar surface area (TPSA) is 6.48 Å². The molecule has 0 unspecified atom stereocenters. The van der Waals surface area contributed by atoms with Gasteiger partial charge < -0.3 is 9.80 Å². The summed E-state index contributed by atoms with van der Waals surface area (Å²) in [4.78, 5) is 4.94. The molecule has 50 heavy (non-hydrogen) atoms. The molecule has 2 heterocycles. The molecule has 0 saturated carbocycles. The van der Waals surface area contributed by atoms with Crippen molar-refractivity contribution in [2.75, 3.05) is 9.80 Å². The average Bonchev–Trinajstić information content (AvgIpc) is 3.16. The van der Waals surface area contributed by atoms with E-state index in [2.05, 4.69) is 207 Å². The van der Waals surface area contributed by atoms with Crippen molar-refractivity contribution in [3.8, 4) is 22.3 Å². The Morgan fingerprint density at radius 1 is 0.300 bits per heavy atom. The van der Waals surface area contributed by atoms with Crippen LogP contribution in [-0.2, 0) is 10.8 Å². The zero-order valence-corrected chi connectivity index (χ0v) is 29.1. The SMILES string of the molecule is CC1(C)c2ccccc2N(c2ccc3c(c2)C(C)(C)c2cc(-c4ccccc4)ccc2N3c2ccccc2)c2ccc(-c3ccccc3)cc21. The zero-order chi connectivity index (χ0) is 34.0. The molecule has 2 aliphatic rings. The molecule has 2 nitrogen and oxygen atoms in total. The van der Waals surface area contributed by atoms with Gasteiger partial charge in [0.25, 0.3) is 0 Å². The monoisotopic (exact) mass is 644 g/mol. The fourth-order valence-electron chi connectivity index (χ4n) is 8.32. The fraction of sp³-hybridized carbons (Fsp3) is 0.125. The van der Waals surface area contributed by atoms with Gasteiger partial charge in [0.15, 0.2) is 0 Å². The maximum absolute atomic E-state index is 2.49. The van der Waals surface area contributed by atoms with Crippen molar-refractivity contribution in [3.05, 3.63) is 192 Å². The van der Waals surface area contributed by atoms with Crippen LogP contribution in [0.5, 0.6) is 0 Å². The lowest BCUT2D eigenvalue weighted by Crippen LogP contribution is -2.32. The summed E-state index contributed by atoms with van der Waals surface area (Å²) in [7, 11) is 0. The lowest BCUT2D eigenvalue weighted by molar-refractivity contribution is 0.628. The highest BCUT2D eigenvalue weighted by Gasteiger charge is 2.40. The molecule has 9 rings (SSSR count). The van der Waals surface area contributed by atoms with Crippen LogP contribution < -0.4 is 9.80 Å². The molecule has 0 atom stereocenters. The van der Waals surface area contributed by atoms with Gasteiger partial charge in [-0.3, -0.25) is 0 Å². The van der Waals surface area contributed by atoms with Gasteiger partial charge in [-0.2, -0.15) is 0 Å². The molecule has 0 fully saturated rings. The molecule has 2 aliphatic heterocycles. The molecule has 0 radical (unpaired) electrons. The van der Waals surface area contributed by atoms with Crippen molar-refractivity contribution in [2.24, 2.45) is 0 Å². The zero-order valence-electron chi connectivity index (χ0n) is 29.1. The Morgan fingerprint density at radius 3 is 1.26 bits per heavy atom. The summed E-state index contributed by atoms with van der Waals surface area (Å²) in [5.74, 6) is 0. The van der Waals surface area contributed by atoms with Crippen molar-refractivity contribution in [1.82, 2.24) is 0 Å². The summed E-state index contributed by atoms with van der Waals surface area (Å²) >= 11 is 0. The van der Waals surface area contributed by atoms with Crippen LogP contribution in [0.2, 0.25) is 0 Å². The Kier molecular flexibility index (Phi) is 6.86. The first-order chi connectivity index (χ1) is 24.3. The van der Waals surface area contributed by atoms with Gasteiger partial charge in [0.05, 0.1) is 22.7 Å². The van der Waals surface area contributed by atoms with E-state index in [1.54, 1.807) is 0 Å². The number of benzene rings is 7. The van der Waals surface area contributed by atoms with Crippen LogP contribution in [0.1, 0.15) is 49.9 Å². The number of hydrogen-bond donors (Lipinski definition) is 0. The van der Waals surface area contributed by atoms with Crippen LogP contribution in [0.3, 0.4) is 0 Å². The Labute approximate surface area is 295 Å². The Bertz CT molecular complexity index is 2370. The lowest BCUT2D eigenvalue weighted by atomic mass is 9.71. The highest BCUT2D eigenvalue weighted by molar-refractivity contribution is 5.92. The summed E-state index contributed by atoms with van der Waals surface area (Å²) in [6.07, 6.45) is 0. The molecule has 0 bridgehead atoms. The van der Waals surface area contributed by atoms with E-state index < -0.39 is 0 Å². The maximum atomic E-state index is 2.49. The van der Waals surface area contributed by atoms with Gasteiger partial charge in [-0.25, -0.2) is 0 Å². The van der Waals surface area contributed by atoms with Crippen molar-refractivity contribution < 1.29 is 0 Å². The summed E-state index contributed by atoms with van der Waals surface area (Å²) in [5.41, 5.74) is 17.1. The number of anilines is 6. The molecular formula is C48H40N2. The van der Waals surface area contributed by atoms with Gasteiger partial charge in [0, 0.05) is 22.2 Å². The first kappa shape index (κ1) is 30.2. The lowest BCUT2D eigenvalue weighted by Gasteiger charge is -2.45. The van der Waals surface area contributed by atoms with E-state index in [0.29, 0.717) is 0 Å². The number of fused-ring (bicyclic) bond motifs is 4. The van der Waals surface area contributed by atoms with Crippen LogP contribution in [0.25, 0.3) is 22.3 Å². The first-order valence-electron chi connectivity index (χ1n) is 17.6. The van der Waals surface area contributed by atoms with Gasteiger partial charge in [-0.05, 0) is 105 Å². The van der Waals surface area contributed by atoms with E-state index in [4.69, 9.17) is 0 Å². The minimum atomic E-state index is -0.259. The second-order valence-corrected chi connectivity index (χ2v) is 14.7. The van der Waals surface area contributed by atoms with Crippen LogP contribution in [0, 0.1) is 0 Å². The molecule has 242 valence electrons. The third-order valence-electron chi connectivity index (χ3n) is 11.0. The molecule has 0 saturated heterocycles. The average molecular weight is 645 g/mol. The summed E-state index contributed by atoms with van der Waals surface area (Å²) in [6.45, 7) is 9.51. The molecule has 0 aromatic heterocycles. The quantitative estimate of drug-likeness (QED) is 0.188. The van der Waals surface area contributed by atoms with E-state index >= 15 is 0 Å². The van der Waals surface area contributed by atoms with Gasteiger partial charge in [-0.1, -0.05) is 137 Å². The Hall–Kier alpha value is -5.86. The summed E-state index contributed by atoms with van der Waals surface area (Å²) in [5, 5.41) is 0. The molecule has 0 amide bonds. The van der Waals surface area contributed by atoms with Crippen molar-refractivity contribution in [1.29, 1.82) is 0 Å². The van der Waals surface area contributed by atoms with E-state index in [1.165, 1.54) is 72.9 Å². The normalized spacial score (nSPS) is 15.0. The van der Waals surface area contributed by atoms with Gasteiger partial charge >= 0.3 is 0 Å². The van der Waals surface area contributed by atoms with E-state index in [9.17, 15) is 0 Å². The number of rotatable bonds is 4. The van der Waals surface area contributed by atoms with Gasteiger partial charge in [0.1, 0.15) is 0 Å². The molecule has 0 spiro atoms. The second kappa shape index (κ2) is 11.4. The summed E-state index contributed by atoms with van der Waals surface area (Å²) < 4.78 is 0. The predicted molar refractivity (Wildman–Crippen MR) is 211 cm³/mol. The fourth-order valence-corrected chi connectivity index (χ4v) is 8.32. The van der Waals surface area contributed by atoms with Crippen molar-refractivity contribution in [2.45, 2.75) is 38.5 Å².